The van der Waals surface area contributed by atoms with Crippen molar-refractivity contribution in [2.45, 2.75) is 37.8 Å². The lowest BCUT2D eigenvalue weighted by molar-refractivity contribution is 0.141. The Morgan fingerprint density at radius 2 is 2.15 bits per heavy atom. The molecular weight excluding hydrogens is 250 g/mol. The number of allylic oxidation sites excluding steroid dienone is 1. The number of para-hydroxylation sites is 1. The highest BCUT2D eigenvalue weighted by molar-refractivity contribution is 5.93. The zero-order valence-corrected chi connectivity index (χ0v) is 11.6. The summed E-state index contributed by atoms with van der Waals surface area (Å²) in [5.41, 5.74) is 4.01. The number of rotatable bonds is 3. The molecule has 4 nitrogen and oxygen atoms in total. The summed E-state index contributed by atoms with van der Waals surface area (Å²) in [7, 11) is 0. The van der Waals surface area contributed by atoms with Crippen molar-refractivity contribution in [3.8, 4) is 0 Å². The van der Waals surface area contributed by atoms with Crippen LogP contribution in [-0.4, -0.2) is 11.7 Å². The second-order valence-corrected chi connectivity index (χ2v) is 5.65. The number of hydrogen-bond donors (Lipinski definition) is 2. The summed E-state index contributed by atoms with van der Waals surface area (Å²) in [4.78, 5) is 12.3. The quantitative estimate of drug-likeness (QED) is 0.829. The highest BCUT2D eigenvalue weighted by atomic mass is 16.2. The number of anilines is 1. The van der Waals surface area contributed by atoms with Crippen molar-refractivity contribution < 1.29 is 4.79 Å². The Labute approximate surface area is 119 Å². The molecule has 1 spiro atoms. The highest BCUT2D eigenvalue weighted by Gasteiger charge is 2.48. The second kappa shape index (κ2) is 5.29. The average molecular weight is 271 g/mol. The van der Waals surface area contributed by atoms with Crippen LogP contribution in [0.25, 0.3) is 0 Å². The van der Waals surface area contributed by atoms with Crippen LogP contribution >= 0.6 is 0 Å². The van der Waals surface area contributed by atoms with Gasteiger partial charge < -0.3 is 5.32 Å². The topological polar surface area (TPSA) is 44.4 Å². The predicted molar refractivity (Wildman–Crippen MR) is 80.1 cm³/mol. The molecule has 0 radical (unpaired) electrons. The first-order chi connectivity index (χ1) is 9.75. The first kappa shape index (κ1) is 13.2. The van der Waals surface area contributed by atoms with Crippen LogP contribution in [0.15, 0.2) is 43.0 Å². The number of urea groups is 1. The molecule has 1 aliphatic carbocycles. The summed E-state index contributed by atoms with van der Waals surface area (Å²) < 4.78 is 0. The van der Waals surface area contributed by atoms with E-state index < -0.39 is 0 Å². The van der Waals surface area contributed by atoms with E-state index in [-0.39, 0.29) is 11.7 Å². The lowest BCUT2D eigenvalue weighted by Gasteiger charge is -2.40. The van der Waals surface area contributed by atoms with Gasteiger partial charge in [0.1, 0.15) is 5.66 Å². The van der Waals surface area contributed by atoms with E-state index in [2.05, 4.69) is 17.3 Å². The molecule has 1 saturated heterocycles. The molecule has 0 bridgehead atoms. The van der Waals surface area contributed by atoms with Crippen LogP contribution < -0.4 is 15.8 Å². The maximum absolute atomic E-state index is 12.3. The number of nitrogens with one attached hydrogen (secondary N) is 2. The van der Waals surface area contributed by atoms with Gasteiger partial charge in [0.25, 0.3) is 0 Å². The Balaban J connectivity index is 1.85. The molecule has 2 N–H and O–H groups in total. The molecule has 2 amide bonds. The Morgan fingerprint density at radius 1 is 1.35 bits per heavy atom. The minimum Gasteiger partial charge on any atom is -0.317 e. The molecule has 106 valence electrons. The van der Waals surface area contributed by atoms with Crippen LogP contribution in [0.2, 0.25) is 0 Å². The number of amides is 2. The summed E-state index contributed by atoms with van der Waals surface area (Å²) >= 11 is 0. The largest absolute Gasteiger partial charge is 0.338 e. The van der Waals surface area contributed by atoms with E-state index in [1.165, 1.54) is 6.42 Å². The van der Waals surface area contributed by atoms with E-state index in [0.717, 1.165) is 31.4 Å². The second-order valence-electron chi connectivity index (χ2n) is 5.65. The monoisotopic (exact) mass is 271 g/mol. The number of carbonyl (C=O) groups excluding carboxylic acids is 1. The van der Waals surface area contributed by atoms with Crippen molar-refractivity contribution in [2.24, 2.45) is 5.92 Å². The molecule has 2 atom stereocenters. The third-order valence-electron chi connectivity index (χ3n) is 4.38. The fraction of sp³-hybridized carbons (Fsp3) is 0.438. The highest BCUT2D eigenvalue weighted by Crippen LogP contribution is 2.37. The number of hydrazine groups is 1. The normalized spacial score (nSPS) is 29.5. The third-order valence-corrected chi connectivity index (χ3v) is 4.38. The van der Waals surface area contributed by atoms with Crippen LogP contribution in [0, 0.1) is 5.92 Å². The maximum atomic E-state index is 12.3. The summed E-state index contributed by atoms with van der Waals surface area (Å²) in [6.07, 6.45) is 7.35. The minimum absolute atomic E-state index is 0.0628. The number of benzene rings is 1. The SMILES string of the molecule is C=CCC1CCCC[C@]12NC(=O)N(c1ccccc1)N2. The number of carbonyl (C=O) groups is 1. The molecule has 20 heavy (non-hydrogen) atoms. The van der Waals surface area contributed by atoms with Gasteiger partial charge >= 0.3 is 6.03 Å². The summed E-state index contributed by atoms with van der Waals surface area (Å²) in [6.45, 7) is 3.85. The van der Waals surface area contributed by atoms with Crippen molar-refractivity contribution in [1.29, 1.82) is 0 Å². The summed E-state index contributed by atoms with van der Waals surface area (Å²) in [6, 6.07) is 9.66. The van der Waals surface area contributed by atoms with Crippen molar-refractivity contribution in [2.75, 3.05) is 5.01 Å². The molecule has 0 aromatic heterocycles. The number of nitrogens with zero attached hydrogens (tertiary/aromatic N) is 1. The first-order valence-electron chi connectivity index (χ1n) is 7.31. The van der Waals surface area contributed by atoms with E-state index >= 15 is 0 Å². The fourth-order valence-corrected chi connectivity index (χ4v) is 3.36. The van der Waals surface area contributed by atoms with E-state index in [1.807, 2.05) is 36.4 Å². The minimum atomic E-state index is -0.306. The van der Waals surface area contributed by atoms with E-state index in [1.54, 1.807) is 5.01 Å². The fourth-order valence-electron chi connectivity index (χ4n) is 3.36. The smallest absolute Gasteiger partial charge is 0.317 e. The van der Waals surface area contributed by atoms with Gasteiger partial charge in [-0.2, -0.15) is 0 Å². The lowest BCUT2D eigenvalue weighted by Crippen LogP contribution is -2.58. The molecule has 1 aromatic carbocycles. The number of hydrogen-bond acceptors (Lipinski definition) is 2. The van der Waals surface area contributed by atoms with Crippen LogP contribution in [-0.2, 0) is 0 Å². The van der Waals surface area contributed by atoms with E-state index in [4.69, 9.17) is 0 Å². The van der Waals surface area contributed by atoms with Crippen molar-refractivity contribution in [1.82, 2.24) is 10.7 Å². The molecule has 3 rings (SSSR count). The molecule has 1 unspecified atom stereocenters. The lowest BCUT2D eigenvalue weighted by atomic mass is 9.77. The standard InChI is InChI=1S/C16H21N3O/c1-2-8-13-9-6-7-12-16(13)17-15(20)19(18-16)14-10-4-3-5-11-14/h2-5,10-11,13,18H,1,6-9,12H2,(H,17,20)/t13?,16-/m1/s1. The zero-order chi connectivity index (χ0) is 14.0. The van der Waals surface area contributed by atoms with Gasteiger partial charge in [0.15, 0.2) is 0 Å². The van der Waals surface area contributed by atoms with Crippen molar-refractivity contribution >= 4 is 11.7 Å². The van der Waals surface area contributed by atoms with Gasteiger partial charge in [-0.25, -0.2) is 15.2 Å². The van der Waals surface area contributed by atoms with Crippen molar-refractivity contribution in [3.05, 3.63) is 43.0 Å². The molecule has 1 aliphatic heterocycles. The molecule has 1 saturated carbocycles. The van der Waals surface area contributed by atoms with Gasteiger partial charge in [0.2, 0.25) is 0 Å². The summed E-state index contributed by atoms with van der Waals surface area (Å²) in [5, 5.41) is 4.82. The third kappa shape index (κ3) is 2.20. The van der Waals surface area contributed by atoms with E-state index in [9.17, 15) is 4.79 Å². The van der Waals surface area contributed by atoms with E-state index in [0.29, 0.717) is 5.92 Å². The Kier molecular flexibility index (Phi) is 3.49. The molecule has 1 heterocycles. The molecular formula is C16H21N3O. The molecule has 2 aliphatic rings. The van der Waals surface area contributed by atoms with Gasteiger partial charge in [0.05, 0.1) is 5.69 Å². The van der Waals surface area contributed by atoms with Crippen LogP contribution in [0.1, 0.15) is 32.1 Å². The predicted octanol–water partition coefficient (Wildman–Crippen LogP) is 3.18. The Hall–Kier alpha value is -1.81. The van der Waals surface area contributed by atoms with Gasteiger partial charge in [-0.15, -0.1) is 6.58 Å². The van der Waals surface area contributed by atoms with Gasteiger partial charge in [-0.1, -0.05) is 30.7 Å². The first-order valence-corrected chi connectivity index (χ1v) is 7.31. The van der Waals surface area contributed by atoms with Crippen LogP contribution in [0.3, 0.4) is 0 Å². The Bertz CT molecular complexity index is 502. The molecule has 2 fully saturated rings. The average Bonchev–Trinajstić information content (AvgIpc) is 2.80. The Morgan fingerprint density at radius 3 is 2.90 bits per heavy atom. The van der Waals surface area contributed by atoms with Crippen molar-refractivity contribution in [3.63, 3.8) is 0 Å². The molecule has 4 heteroatoms. The van der Waals surface area contributed by atoms with Crippen LogP contribution in [0.5, 0.6) is 0 Å². The maximum Gasteiger partial charge on any atom is 0.338 e. The van der Waals surface area contributed by atoms with Gasteiger partial charge in [0, 0.05) is 5.92 Å². The zero-order valence-electron chi connectivity index (χ0n) is 11.6. The van der Waals surface area contributed by atoms with Gasteiger partial charge in [-0.3, -0.25) is 0 Å². The van der Waals surface area contributed by atoms with Crippen LogP contribution in [0.4, 0.5) is 10.5 Å². The summed E-state index contributed by atoms with van der Waals surface area (Å²) in [5.74, 6) is 0.409. The molecule has 1 aromatic rings. The van der Waals surface area contributed by atoms with Gasteiger partial charge in [-0.05, 0) is 37.8 Å².